The summed E-state index contributed by atoms with van der Waals surface area (Å²) in [6, 6.07) is 0.173. The van der Waals surface area contributed by atoms with Crippen LogP contribution in [0.25, 0.3) is 0 Å². The Morgan fingerprint density at radius 3 is 2.46 bits per heavy atom. The number of aromatic nitrogens is 2. The van der Waals surface area contributed by atoms with E-state index in [2.05, 4.69) is 17.6 Å². The van der Waals surface area contributed by atoms with Crippen molar-refractivity contribution in [2.75, 3.05) is 6.54 Å². The number of piperidine rings is 1. The molecule has 6 nitrogen and oxygen atoms in total. The first kappa shape index (κ1) is 26.9. The first-order valence-electron chi connectivity index (χ1n) is 14.8. The van der Waals surface area contributed by atoms with E-state index in [0.29, 0.717) is 54.6 Å². The smallest absolute Gasteiger partial charge is 0.223 e. The fourth-order valence-electron chi connectivity index (χ4n) is 7.91. The summed E-state index contributed by atoms with van der Waals surface area (Å²) in [7, 11) is 1.89. The number of alkyl halides is 2. The highest BCUT2D eigenvalue weighted by Crippen LogP contribution is 2.45. The second-order valence-electron chi connectivity index (χ2n) is 13.1. The van der Waals surface area contributed by atoms with E-state index >= 15 is 0 Å². The van der Waals surface area contributed by atoms with Crippen molar-refractivity contribution in [3.8, 4) is 0 Å². The molecule has 1 amide bonds. The van der Waals surface area contributed by atoms with Gasteiger partial charge in [0.1, 0.15) is 6.17 Å². The average Bonchev–Trinajstić information content (AvgIpc) is 3.66. The van der Waals surface area contributed by atoms with Crippen molar-refractivity contribution >= 4 is 5.91 Å². The molecule has 1 aromatic rings. The fourth-order valence-corrected chi connectivity index (χ4v) is 7.91. The second-order valence-corrected chi connectivity index (χ2v) is 13.1. The van der Waals surface area contributed by atoms with Crippen molar-refractivity contribution in [2.24, 2.45) is 54.4 Å². The number of rotatable bonds is 7. The molecular weight excluding hydrogens is 472 g/mol. The van der Waals surface area contributed by atoms with Gasteiger partial charge in [0.15, 0.2) is 6.30 Å². The topological polar surface area (TPSA) is 74.8 Å². The average molecular weight is 520 g/mol. The molecule has 0 spiro atoms. The Morgan fingerprint density at radius 2 is 1.81 bits per heavy atom. The van der Waals surface area contributed by atoms with E-state index in [1.54, 1.807) is 0 Å². The molecule has 10 atom stereocenters. The molecule has 208 valence electrons. The molecule has 37 heavy (non-hydrogen) atoms. The van der Waals surface area contributed by atoms with Gasteiger partial charge in [-0.05, 0) is 99.2 Å². The van der Waals surface area contributed by atoms with Crippen molar-refractivity contribution in [1.29, 1.82) is 5.41 Å². The Morgan fingerprint density at radius 1 is 1.05 bits per heavy atom. The van der Waals surface area contributed by atoms with E-state index in [0.717, 1.165) is 51.5 Å². The number of aryl methyl sites for hydroxylation is 1. The van der Waals surface area contributed by atoms with Crippen molar-refractivity contribution in [3.05, 3.63) is 18.0 Å². The number of imidazole rings is 1. The quantitative estimate of drug-likeness (QED) is 0.463. The number of halogens is 2. The number of hydrogen-bond donors (Lipinski definition) is 3. The third kappa shape index (κ3) is 6.15. The standard InChI is InChI=1S/C29H47F2N5O/c1-17-11-26(31)33-15-24(17)22-12-19(16-36-9-8-35(3)29(36)32)13-23(14-22)28(37)34-27(20-4-5-20)21-6-7-25(30)18(2)10-21/h8-9,17-27,32-33H,4-7,10-16H2,1-3H3,(H,34,37)/t17?,18?,19?,21?,22?,23?,24?,25?,26?,27-/m0/s1. The van der Waals surface area contributed by atoms with E-state index in [9.17, 15) is 13.6 Å². The van der Waals surface area contributed by atoms with Crippen LogP contribution in [0.5, 0.6) is 0 Å². The number of nitrogens with zero attached hydrogens (tertiary/aromatic N) is 2. The SMILES string of the molecule is CC1CC([C@@H](NC(=O)C2CC(Cn3ccn(C)c3=N)CC(C3CNC(F)CC3C)C2)C2CC2)CCC1F. The van der Waals surface area contributed by atoms with Gasteiger partial charge in [-0.15, -0.1) is 0 Å². The Bertz CT molecular complexity index is 989. The number of carbonyl (C=O) groups is 1. The van der Waals surface area contributed by atoms with Gasteiger partial charge >= 0.3 is 0 Å². The van der Waals surface area contributed by atoms with Gasteiger partial charge in [-0.3, -0.25) is 15.5 Å². The zero-order valence-electron chi connectivity index (χ0n) is 22.8. The third-order valence-electron chi connectivity index (χ3n) is 10.3. The van der Waals surface area contributed by atoms with Crippen LogP contribution < -0.4 is 16.3 Å². The van der Waals surface area contributed by atoms with Crippen molar-refractivity contribution < 1.29 is 13.6 Å². The first-order chi connectivity index (χ1) is 17.7. The number of carbonyl (C=O) groups excluding carboxylic acids is 1. The summed E-state index contributed by atoms with van der Waals surface area (Å²) in [5.41, 5.74) is 0.475. The summed E-state index contributed by atoms with van der Waals surface area (Å²) >= 11 is 0. The molecule has 4 fully saturated rings. The van der Waals surface area contributed by atoms with E-state index in [1.807, 2.05) is 35.5 Å². The number of amides is 1. The van der Waals surface area contributed by atoms with E-state index in [4.69, 9.17) is 5.41 Å². The van der Waals surface area contributed by atoms with Gasteiger partial charge in [-0.1, -0.05) is 13.8 Å². The summed E-state index contributed by atoms with van der Waals surface area (Å²) < 4.78 is 32.0. The minimum absolute atomic E-state index is 0.0614. The van der Waals surface area contributed by atoms with Crippen LogP contribution in [0.3, 0.4) is 0 Å². The molecule has 5 rings (SSSR count). The third-order valence-corrected chi connectivity index (χ3v) is 10.3. The van der Waals surface area contributed by atoms with Crippen molar-refractivity contribution in [2.45, 2.75) is 96.7 Å². The minimum Gasteiger partial charge on any atom is -0.353 e. The lowest BCUT2D eigenvalue weighted by Gasteiger charge is -2.43. The van der Waals surface area contributed by atoms with E-state index in [-0.39, 0.29) is 29.7 Å². The van der Waals surface area contributed by atoms with Crippen molar-refractivity contribution in [1.82, 2.24) is 19.8 Å². The molecule has 3 saturated carbocycles. The van der Waals surface area contributed by atoms with Crippen LogP contribution in [0, 0.1) is 52.8 Å². The summed E-state index contributed by atoms with van der Waals surface area (Å²) in [4.78, 5) is 13.9. The van der Waals surface area contributed by atoms with Gasteiger partial charge in [-0.25, -0.2) is 8.78 Å². The van der Waals surface area contributed by atoms with Gasteiger partial charge in [0, 0.05) is 44.5 Å². The van der Waals surface area contributed by atoms with Gasteiger partial charge in [0.05, 0.1) is 0 Å². The molecule has 1 aromatic heterocycles. The van der Waals surface area contributed by atoms with Crippen LogP contribution in [0.15, 0.2) is 12.4 Å². The molecule has 0 aromatic carbocycles. The van der Waals surface area contributed by atoms with Gasteiger partial charge in [-0.2, -0.15) is 0 Å². The molecule has 9 unspecified atom stereocenters. The lowest BCUT2D eigenvalue weighted by atomic mass is 9.66. The highest BCUT2D eigenvalue weighted by molar-refractivity contribution is 5.79. The van der Waals surface area contributed by atoms with Crippen molar-refractivity contribution in [3.63, 3.8) is 0 Å². The zero-order chi connectivity index (χ0) is 26.3. The Hall–Kier alpha value is -1.70. The molecular formula is C29H47F2N5O. The molecule has 1 saturated heterocycles. The van der Waals surface area contributed by atoms with Crippen LogP contribution in [-0.2, 0) is 18.4 Å². The molecule has 4 aliphatic rings. The van der Waals surface area contributed by atoms with E-state index in [1.165, 1.54) is 0 Å². The van der Waals surface area contributed by atoms with Crippen LogP contribution in [-0.4, -0.2) is 40.1 Å². The summed E-state index contributed by atoms with van der Waals surface area (Å²) in [6.45, 7) is 5.59. The maximum atomic E-state index is 14.2. The highest BCUT2D eigenvalue weighted by Gasteiger charge is 2.44. The first-order valence-corrected chi connectivity index (χ1v) is 14.8. The lowest BCUT2D eigenvalue weighted by Crippen LogP contribution is -2.50. The number of nitrogens with one attached hydrogen (secondary N) is 3. The van der Waals surface area contributed by atoms with Gasteiger partial charge in [0.2, 0.25) is 11.5 Å². The summed E-state index contributed by atoms with van der Waals surface area (Å²) in [6.07, 6.45) is 10.1. The molecule has 8 heteroatoms. The number of hydrogen-bond acceptors (Lipinski definition) is 3. The molecule has 3 aliphatic carbocycles. The Balaban J connectivity index is 1.31. The summed E-state index contributed by atoms with van der Waals surface area (Å²) in [5.74, 6) is 2.43. The van der Waals surface area contributed by atoms with Crippen LogP contribution in [0.2, 0.25) is 0 Å². The zero-order valence-corrected chi connectivity index (χ0v) is 22.8. The van der Waals surface area contributed by atoms with Gasteiger partial charge in [0.25, 0.3) is 0 Å². The monoisotopic (exact) mass is 519 g/mol. The summed E-state index contributed by atoms with van der Waals surface area (Å²) in [5, 5.41) is 14.9. The predicted octanol–water partition coefficient (Wildman–Crippen LogP) is 4.55. The predicted molar refractivity (Wildman–Crippen MR) is 140 cm³/mol. The molecule has 1 aliphatic heterocycles. The van der Waals surface area contributed by atoms with Crippen LogP contribution >= 0.6 is 0 Å². The Kier molecular flexibility index (Phi) is 8.13. The molecule has 0 bridgehead atoms. The molecule has 0 radical (unpaired) electrons. The maximum absolute atomic E-state index is 14.2. The Labute approximate surface area is 220 Å². The highest BCUT2D eigenvalue weighted by atomic mass is 19.1. The molecule has 3 N–H and O–H groups in total. The second kappa shape index (κ2) is 11.2. The lowest BCUT2D eigenvalue weighted by molar-refractivity contribution is -0.129. The normalized spacial score (nSPS) is 39.8. The largest absolute Gasteiger partial charge is 0.353 e. The molecule has 2 heterocycles. The maximum Gasteiger partial charge on any atom is 0.223 e. The van der Waals surface area contributed by atoms with Crippen LogP contribution in [0.4, 0.5) is 8.78 Å². The minimum atomic E-state index is -0.934. The fraction of sp³-hybridized carbons (Fsp3) is 0.862. The van der Waals surface area contributed by atoms with Crippen LogP contribution in [0.1, 0.15) is 71.6 Å². The van der Waals surface area contributed by atoms with Gasteiger partial charge < -0.3 is 14.5 Å². The van der Waals surface area contributed by atoms with E-state index < -0.39 is 12.5 Å².